The first kappa shape index (κ1) is 13.1. The van der Waals surface area contributed by atoms with E-state index in [0.717, 1.165) is 11.3 Å². The Hall–Kier alpha value is -0.990. The Kier molecular flexibility index (Phi) is 4.84. The molecule has 0 fully saturated rings. The fraction of sp³-hybridized carbons (Fsp3) is 0.385. The van der Waals surface area contributed by atoms with Gasteiger partial charge < -0.3 is 10.1 Å². The molecular weight excluding hydrogens is 222 g/mol. The number of nitrogens with one attached hydrogen (secondary N) is 1. The van der Waals surface area contributed by atoms with E-state index in [4.69, 9.17) is 16.3 Å². The van der Waals surface area contributed by atoms with E-state index in [-0.39, 0.29) is 6.04 Å². The van der Waals surface area contributed by atoms with Gasteiger partial charge in [-0.1, -0.05) is 30.3 Å². The van der Waals surface area contributed by atoms with Crippen molar-refractivity contribution < 1.29 is 4.74 Å². The van der Waals surface area contributed by atoms with Gasteiger partial charge in [0.1, 0.15) is 5.75 Å². The molecule has 0 aromatic heterocycles. The molecule has 0 saturated carbocycles. The first-order chi connectivity index (χ1) is 7.54. The molecule has 1 unspecified atom stereocenters. The minimum atomic E-state index is 0.186. The second-order valence-electron chi connectivity index (χ2n) is 3.87. The number of ether oxygens (including phenoxy) is 1. The molecule has 0 amide bonds. The van der Waals surface area contributed by atoms with Crippen molar-refractivity contribution in [3.63, 3.8) is 0 Å². The van der Waals surface area contributed by atoms with Gasteiger partial charge >= 0.3 is 0 Å². The Bertz CT molecular complexity index is 376. The molecule has 1 N–H and O–H groups in total. The van der Waals surface area contributed by atoms with Gasteiger partial charge in [-0.3, -0.25) is 0 Å². The van der Waals surface area contributed by atoms with Crippen LogP contribution in [0.5, 0.6) is 5.75 Å². The summed E-state index contributed by atoms with van der Waals surface area (Å²) in [5.74, 6) is 0.903. The molecule has 0 aliphatic heterocycles. The lowest BCUT2D eigenvalue weighted by Crippen LogP contribution is -2.20. The molecule has 0 saturated heterocycles. The van der Waals surface area contributed by atoms with Crippen LogP contribution in [0.3, 0.4) is 0 Å². The van der Waals surface area contributed by atoms with E-state index in [1.54, 1.807) is 7.11 Å². The van der Waals surface area contributed by atoms with E-state index in [0.29, 0.717) is 11.6 Å². The lowest BCUT2D eigenvalue weighted by atomic mass is 10.0. The van der Waals surface area contributed by atoms with Crippen LogP contribution in [-0.2, 0) is 0 Å². The highest BCUT2D eigenvalue weighted by Crippen LogP contribution is 2.26. The number of hydrogen-bond donors (Lipinski definition) is 1. The zero-order valence-corrected chi connectivity index (χ0v) is 10.8. The van der Waals surface area contributed by atoms with E-state index < -0.39 is 0 Å². The van der Waals surface area contributed by atoms with E-state index >= 15 is 0 Å². The number of aryl methyl sites for hydroxylation is 1. The zero-order valence-electron chi connectivity index (χ0n) is 10.0. The Balaban J connectivity index is 2.81. The average molecular weight is 240 g/mol. The van der Waals surface area contributed by atoms with Crippen molar-refractivity contribution >= 4 is 11.6 Å². The summed E-state index contributed by atoms with van der Waals surface area (Å²) in [6.07, 6.45) is 0. The van der Waals surface area contributed by atoms with Crippen LogP contribution in [0.4, 0.5) is 0 Å². The summed E-state index contributed by atoms with van der Waals surface area (Å²) in [6.45, 7) is 8.37. The summed E-state index contributed by atoms with van der Waals surface area (Å²) in [5, 5.41) is 3.89. The maximum atomic E-state index is 5.72. The van der Waals surface area contributed by atoms with E-state index in [1.165, 1.54) is 5.56 Å². The van der Waals surface area contributed by atoms with Gasteiger partial charge in [-0.15, -0.1) is 0 Å². The molecule has 0 aliphatic rings. The summed E-state index contributed by atoms with van der Waals surface area (Å²) >= 11 is 5.72. The topological polar surface area (TPSA) is 21.3 Å². The van der Waals surface area contributed by atoms with Crippen LogP contribution >= 0.6 is 11.6 Å². The number of hydrogen-bond acceptors (Lipinski definition) is 2. The SMILES string of the molecule is C=C(Cl)CNC(C)c1ccc(C)cc1OC. The maximum absolute atomic E-state index is 5.72. The third-order valence-corrected chi connectivity index (χ3v) is 2.59. The summed E-state index contributed by atoms with van der Waals surface area (Å²) in [6, 6.07) is 6.36. The molecule has 0 heterocycles. The van der Waals surface area contributed by atoms with E-state index in [9.17, 15) is 0 Å². The Labute approximate surface area is 102 Å². The third-order valence-electron chi connectivity index (χ3n) is 2.46. The van der Waals surface area contributed by atoms with Crippen LogP contribution in [0.15, 0.2) is 29.8 Å². The molecule has 0 aliphatic carbocycles. The summed E-state index contributed by atoms with van der Waals surface area (Å²) in [5.41, 5.74) is 2.32. The van der Waals surface area contributed by atoms with E-state index in [1.807, 2.05) is 13.0 Å². The van der Waals surface area contributed by atoms with Gasteiger partial charge in [0, 0.05) is 23.2 Å². The molecule has 88 valence electrons. The maximum Gasteiger partial charge on any atom is 0.123 e. The highest BCUT2D eigenvalue weighted by atomic mass is 35.5. The van der Waals surface area contributed by atoms with Gasteiger partial charge in [0.05, 0.1) is 7.11 Å². The smallest absolute Gasteiger partial charge is 0.123 e. The second kappa shape index (κ2) is 5.92. The van der Waals surface area contributed by atoms with Gasteiger partial charge in [0.15, 0.2) is 0 Å². The van der Waals surface area contributed by atoms with Crippen LogP contribution in [-0.4, -0.2) is 13.7 Å². The van der Waals surface area contributed by atoms with Gasteiger partial charge in [-0.25, -0.2) is 0 Å². The number of halogens is 1. The number of rotatable bonds is 5. The van der Waals surface area contributed by atoms with E-state index in [2.05, 4.69) is 31.0 Å². The summed E-state index contributed by atoms with van der Waals surface area (Å²) in [7, 11) is 1.69. The lowest BCUT2D eigenvalue weighted by Gasteiger charge is -2.17. The molecule has 16 heavy (non-hydrogen) atoms. The summed E-state index contributed by atoms with van der Waals surface area (Å²) < 4.78 is 5.36. The molecule has 3 heteroatoms. The Morgan fingerprint density at radius 2 is 2.25 bits per heavy atom. The molecule has 1 aromatic carbocycles. The van der Waals surface area contributed by atoms with Crippen molar-refractivity contribution in [3.8, 4) is 5.75 Å². The first-order valence-electron chi connectivity index (χ1n) is 5.25. The van der Waals surface area contributed by atoms with Crippen LogP contribution in [0, 0.1) is 6.92 Å². The molecule has 0 spiro atoms. The van der Waals surface area contributed by atoms with Crippen molar-refractivity contribution in [2.24, 2.45) is 0 Å². The standard InChI is InChI=1S/C13H18ClNO/c1-9-5-6-12(13(7-9)16-4)11(3)15-8-10(2)14/h5-7,11,15H,2,8H2,1,3-4H3. The minimum absolute atomic E-state index is 0.186. The van der Waals surface area contributed by atoms with Crippen LogP contribution in [0.25, 0.3) is 0 Å². The minimum Gasteiger partial charge on any atom is -0.496 e. The predicted molar refractivity (Wildman–Crippen MR) is 69.1 cm³/mol. The molecule has 1 aromatic rings. The second-order valence-corrected chi connectivity index (χ2v) is 4.40. The quantitative estimate of drug-likeness (QED) is 0.850. The molecule has 2 nitrogen and oxygen atoms in total. The monoisotopic (exact) mass is 239 g/mol. The molecule has 1 atom stereocenters. The van der Waals surface area contributed by atoms with Crippen molar-refractivity contribution in [1.82, 2.24) is 5.32 Å². The van der Waals surface area contributed by atoms with Crippen LogP contribution in [0.1, 0.15) is 24.1 Å². The molecule has 0 bridgehead atoms. The Morgan fingerprint density at radius 1 is 1.56 bits per heavy atom. The molecular formula is C13H18ClNO. The van der Waals surface area contributed by atoms with Crippen molar-refractivity contribution in [2.45, 2.75) is 19.9 Å². The Morgan fingerprint density at radius 3 is 2.81 bits per heavy atom. The predicted octanol–water partition coefficient (Wildman–Crippen LogP) is 3.41. The normalized spacial score (nSPS) is 12.2. The highest BCUT2D eigenvalue weighted by molar-refractivity contribution is 6.29. The molecule has 1 rings (SSSR count). The summed E-state index contributed by atoms with van der Waals surface area (Å²) in [4.78, 5) is 0. The van der Waals surface area contributed by atoms with Crippen LogP contribution in [0.2, 0.25) is 0 Å². The van der Waals surface area contributed by atoms with Crippen LogP contribution < -0.4 is 10.1 Å². The number of methoxy groups -OCH3 is 1. The fourth-order valence-corrected chi connectivity index (χ4v) is 1.63. The van der Waals surface area contributed by atoms with Crippen molar-refractivity contribution in [3.05, 3.63) is 40.9 Å². The highest BCUT2D eigenvalue weighted by Gasteiger charge is 2.10. The molecule has 0 radical (unpaired) electrons. The third kappa shape index (κ3) is 3.54. The van der Waals surface area contributed by atoms with Crippen molar-refractivity contribution in [1.29, 1.82) is 0 Å². The largest absolute Gasteiger partial charge is 0.496 e. The van der Waals surface area contributed by atoms with Gasteiger partial charge in [0.2, 0.25) is 0 Å². The van der Waals surface area contributed by atoms with Gasteiger partial charge in [0.25, 0.3) is 0 Å². The van der Waals surface area contributed by atoms with Gasteiger partial charge in [-0.2, -0.15) is 0 Å². The number of benzene rings is 1. The first-order valence-corrected chi connectivity index (χ1v) is 5.63. The lowest BCUT2D eigenvalue weighted by molar-refractivity contribution is 0.402. The average Bonchev–Trinajstić information content (AvgIpc) is 2.25. The fourth-order valence-electron chi connectivity index (χ4n) is 1.55. The van der Waals surface area contributed by atoms with Gasteiger partial charge in [-0.05, 0) is 25.5 Å². The van der Waals surface area contributed by atoms with Crippen molar-refractivity contribution in [2.75, 3.05) is 13.7 Å². The zero-order chi connectivity index (χ0) is 12.1.